The van der Waals surface area contributed by atoms with E-state index in [1.54, 1.807) is 25.1 Å². The van der Waals surface area contributed by atoms with Crippen molar-refractivity contribution in [1.29, 1.82) is 0 Å². The summed E-state index contributed by atoms with van der Waals surface area (Å²) in [6.07, 6.45) is 1.79. The van der Waals surface area contributed by atoms with E-state index in [1.165, 1.54) is 20.8 Å². The fourth-order valence-corrected chi connectivity index (χ4v) is 5.32. The third kappa shape index (κ3) is 4.63. The Morgan fingerprint density at radius 3 is 2.05 bits per heavy atom. The van der Waals surface area contributed by atoms with Crippen molar-refractivity contribution < 1.29 is 13.5 Å². The first-order valence-electron chi connectivity index (χ1n) is 12.3. The number of nitrogens with zero attached hydrogens (tertiary/aromatic N) is 5. The molecule has 3 heterocycles. The summed E-state index contributed by atoms with van der Waals surface area (Å²) in [4.78, 5) is 6.67. The molecule has 0 spiro atoms. The van der Waals surface area contributed by atoms with Gasteiger partial charge in [0, 0.05) is 30.1 Å². The van der Waals surface area contributed by atoms with Gasteiger partial charge in [0.1, 0.15) is 18.0 Å². The minimum atomic E-state index is -2.10. The van der Waals surface area contributed by atoms with Crippen molar-refractivity contribution in [1.82, 2.24) is 19.7 Å². The Hall–Kier alpha value is -2.52. The summed E-state index contributed by atoms with van der Waals surface area (Å²) in [5.74, 6) is -1.39. The molecule has 2 aliphatic rings. The molecule has 184 valence electrons. The Balaban J connectivity index is 1.51. The van der Waals surface area contributed by atoms with E-state index in [1.807, 2.05) is 0 Å². The van der Waals surface area contributed by atoms with Crippen molar-refractivity contribution in [2.45, 2.75) is 40.7 Å². The molecule has 16 radical (unpaired) electrons. The maximum atomic E-state index is 13.7. The van der Waals surface area contributed by atoms with E-state index in [0.717, 1.165) is 18.2 Å². The third-order valence-corrected chi connectivity index (χ3v) is 7.27. The minimum Gasteiger partial charge on any atom is -0.394 e. The van der Waals surface area contributed by atoms with Gasteiger partial charge in [0.2, 0.25) is 5.95 Å². The molecule has 17 heteroatoms. The SMILES string of the molecule is [B]C1([B])N(c2cc(C)cc(Nc3ncn(-c4cc(F)cc(F)c4)n3)c2)C([B])([B])C([B])([B])N(C2CCOC2)C1([B])[B]. The van der Waals surface area contributed by atoms with Crippen LogP contribution in [-0.2, 0) is 4.74 Å². The van der Waals surface area contributed by atoms with Crippen molar-refractivity contribution in [2.75, 3.05) is 23.4 Å². The molecular formula is C23H18B8F2N6O. The highest BCUT2D eigenvalue weighted by Gasteiger charge is 2.61. The summed E-state index contributed by atoms with van der Waals surface area (Å²) < 4.78 is 34.0. The number of aryl methyl sites for hydroxylation is 1. The van der Waals surface area contributed by atoms with E-state index >= 15 is 0 Å². The molecule has 0 aliphatic carbocycles. The Labute approximate surface area is 242 Å². The molecule has 1 unspecified atom stereocenters. The lowest BCUT2D eigenvalue weighted by Crippen LogP contribution is -2.93. The highest BCUT2D eigenvalue weighted by molar-refractivity contribution is 6.62. The van der Waals surface area contributed by atoms with Gasteiger partial charge in [-0.05, 0) is 70.6 Å². The first kappa shape index (κ1) is 29.0. The fourth-order valence-electron chi connectivity index (χ4n) is 5.32. The van der Waals surface area contributed by atoms with Gasteiger partial charge in [-0.2, -0.15) is 4.98 Å². The molecule has 1 aromatic heterocycles. The van der Waals surface area contributed by atoms with Gasteiger partial charge in [-0.1, -0.05) is 0 Å². The molecule has 2 aromatic carbocycles. The number of anilines is 3. The van der Waals surface area contributed by atoms with E-state index in [2.05, 4.69) is 15.4 Å². The number of nitrogens with one attached hydrogen (secondary N) is 1. The number of piperazine rings is 1. The Bertz CT molecular complexity index is 1380. The molecule has 7 nitrogen and oxygen atoms in total. The zero-order valence-electron chi connectivity index (χ0n) is 21.8. The maximum Gasteiger partial charge on any atom is 0.246 e. The number of ether oxygens (including phenoxy) is 1. The third-order valence-electron chi connectivity index (χ3n) is 7.27. The summed E-state index contributed by atoms with van der Waals surface area (Å²) in [6.45, 7) is 2.44. The highest BCUT2D eigenvalue weighted by Crippen LogP contribution is 2.47. The Morgan fingerprint density at radius 2 is 1.48 bits per heavy atom. The Morgan fingerprint density at radius 1 is 0.850 bits per heavy atom. The van der Waals surface area contributed by atoms with Crippen LogP contribution in [0.25, 0.3) is 5.69 Å². The van der Waals surface area contributed by atoms with Gasteiger partial charge in [-0.3, -0.25) is 0 Å². The Kier molecular flexibility index (Phi) is 7.10. The minimum absolute atomic E-state index is 0.116. The van der Waals surface area contributed by atoms with E-state index in [0.29, 0.717) is 24.3 Å². The monoisotopic (exact) mass is 520 g/mol. The summed E-state index contributed by atoms with van der Waals surface area (Å²) in [7, 11) is 52.8. The van der Waals surface area contributed by atoms with Gasteiger partial charge in [0.15, 0.2) is 0 Å². The standard InChI is InChI=1S/C23H18B8F2N6O/c1-12-4-15(35-19-34-11-37(36-19)17-7-13(32)6-14(33)8-17)9-18(5-12)39-22(28,29)20(24,25)38(16-2-3-40-10-16)21(26,27)23(39,30)31/h4-9,11,16H,2-3,10H2,1H3,(H,35,36). The van der Waals surface area contributed by atoms with Crippen LogP contribution in [0.3, 0.4) is 0 Å². The average molecular weight is 519 g/mol. The van der Waals surface area contributed by atoms with Crippen molar-refractivity contribution in [3.05, 3.63) is 59.9 Å². The zero-order chi connectivity index (χ0) is 29.3. The second-order valence-corrected chi connectivity index (χ2v) is 10.3. The molecule has 0 saturated carbocycles. The fraction of sp³-hybridized carbons (Fsp3) is 0.391. The molecule has 0 bridgehead atoms. The van der Waals surface area contributed by atoms with Crippen LogP contribution >= 0.6 is 0 Å². The van der Waals surface area contributed by atoms with Crippen molar-refractivity contribution in [3.63, 3.8) is 0 Å². The summed E-state index contributed by atoms with van der Waals surface area (Å²) in [5, 5.41) is -1.01. The van der Waals surface area contributed by atoms with Gasteiger partial charge in [0.25, 0.3) is 0 Å². The predicted molar refractivity (Wildman–Crippen MR) is 156 cm³/mol. The topological polar surface area (TPSA) is 58.5 Å². The second kappa shape index (κ2) is 9.79. The van der Waals surface area contributed by atoms with Gasteiger partial charge >= 0.3 is 0 Å². The van der Waals surface area contributed by atoms with E-state index in [4.69, 9.17) is 67.5 Å². The van der Waals surface area contributed by atoms with E-state index in [9.17, 15) is 8.78 Å². The smallest absolute Gasteiger partial charge is 0.246 e. The summed E-state index contributed by atoms with van der Waals surface area (Å²) in [5.41, 5.74) is 1.59. The summed E-state index contributed by atoms with van der Waals surface area (Å²) in [6, 6.07) is 7.59. The number of hydrogen-bond acceptors (Lipinski definition) is 6. The van der Waals surface area contributed by atoms with Gasteiger partial charge < -0.3 is 19.9 Å². The van der Waals surface area contributed by atoms with Crippen LogP contribution in [0.5, 0.6) is 0 Å². The lowest BCUT2D eigenvalue weighted by atomic mass is 9.26. The molecule has 0 amide bonds. The zero-order valence-corrected chi connectivity index (χ0v) is 21.8. The van der Waals surface area contributed by atoms with Crippen LogP contribution in [0.4, 0.5) is 26.1 Å². The van der Waals surface area contributed by atoms with Crippen molar-refractivity contribution in [3.8, 4) is 5.69 Å². The van der Waals surface area contributed by atoms with Gasteiger partial charge in [-0.25, -0.2) is 13.5 Å². The molecule has 3 aromatic rings. The second-order valence-electron chi connectivity index (χ2n) is 10.3. The lowest BCUT2D eigenvalue weighted by molar-refractivity contribution is 0.0501. The van der Waals surface area contributed by atoms with Crippen LogP contribution in [0.15, 0.2) is 42.7 Å². The first-order chi connectivity index (χ1) is 18.6. The van der Waals surface area contributed by atoms with Gasteiger partial charge in [-0.15, -0.1) is 5.10 Å². The molecular weight excluding hydrogens is 501 g/mol. The molecule has 2 fully saturated rings. The molecule has 5 rings (SSSR count). The van der Waals surface area contributed by atoms with E-state index in [-0.39, 0.29) is 23.9 Å². The molecule has 1 N–H and O–H groups in total. The number of aromatic nitrogens is 3. The summed E-state index contributed by atoms with van der Waals surface area (Å²) >= 11 is 0. The van der Waals surface area contributed by atoms with Crippen LogP contribution in [0.2, 0.25) is 0 Å². The van der Waals surface area contributed by atoms with Crippen molar-refractivity contribution in [2.24, 2.45) is 0 Å². The van der Waals surface area contributed by atoms with Crippen LogP contribution in [0.1, 0.15) is 12.0 Å². The van der Waals surface area contributed by atoms with Gasteiger partial charge in [0.05, 0.1) is 75.1 Å². The average Bonchev–Trinajstić information content (AvgIpc) is 3.49. The predicted octanol–water partition coefficient (Wildman–Crippen LogP) is -0.528. The largest absolute Gasteiger partial charge is 0.394 e. The lowest BCUT2D eigenvalue weighted by Gasteiger charge is -2.77. The number of benzene rings is 2. The maximum absolute atomic E-state index is 13.7. The van der Waals surface area contributed by atoms with Crippen LogP contribution in [0, 0.1) is 18.6 Å². The van der Waals surface area contributed by atoms with Crippen LogP contribution < -0.4 is 10.2 Å². The quantitative estimate of drug-likeness (QED) is 0.459. The molecule has 2 saturated heterocycles. The molecule has 40 heavy (non-hydrogen) atoms. The number of rotatable bonds is 5. The highest BCUT2D eigenvalue weighted by atomic mass is 19.1. The first-order valence-corrected chi connectivity index (χ1v) is 12.3. The molecule has 1 atom stereocenters. The number of hydrogen-bond donors (Lipinski definition) is 1. The van der Waals surface area contributed by atoms with Crippen molar-refractivity contribution >= 4 is 80.1 Å². The number of halogens is 2. The molecule has 2 aliphatic heterocycles. The van der Waals surface area contributed by atoms with E-state index < -0.39 is 39.0 Å². The normalized spacial score (nSPS) is 23.2. The van der Waals surface area contributed by atoms with Crippen LogP contribution in [-0.4, -0.2) is 123 Å².